The number of rotatable bonds is 13. The molecular weight excluding hydrogens is 224 g/mol. The molecule has 0 aromatic heterocycles. The third-order valence-electron chi connectivity index (χ3n) is 3.25. The molecule has 18 heavy (non-hydrogen) atoms. The van der Waals surface area contributed by atoms with E-state index in [0.29, 0.717) is 5.92 Å². The summed E-state index contributed by atoms with van der Waals surface area (Å²) in [5, 5.41) is 0. The van der Waals surface area contributed by atoms with Gasteiger partial charge in [-0.3, -0.25) is 0 Å². The van der Waals surface area contributed by atoms with Gasteiger partial charge in [0.25, 0.3) is 0 Å². The van der Waals surface area contributed by atoms with Crippen molar-refractivity contribution >= 4 is 6.21 Å². The fourth-order valence-electron chi connectivity index (χ4n) is 1.83. The van der Waals surface area contributed by atoms with E-state index in [9.17, 15) is 0 Å². The topological polar surface area (TPSA) is 33.6 Å². The van der Waals surface area contributed by atoms with Crippen LogP contribution in [0.4, 0.5) is 0 Å². The number of hydrogen-bond donors (Lipinski definition) is 1. The first kappa shape index (κ1) is 17.6. The van der Waals surface area contributed by atoms with Crippen molar-refractivity contribution in [2.45, 2.75) is 65.2 Å². The average molecular weight is 256 g/mol. The van der Waals surface area contributed by atoms with Crippen molar-refractivity contribution in [3.63, 3.8) is 0 Å². The molecule has 0 aromatic rings. The van der Waals surface area contributed by atoms with E-state index in [1.165, 1.54) is 38.5 Å². The predicted octanol–water partition coefficient (Wildman–Crippen LogP) is 3.99. The van der Waals surface area contributed by atoms with Crippen LogP contribution in [-0.4, -0.2) is 26.4 Å². The van der Waals surface area contributed by atoms with E-state index in [-0.39, 0.29) is 0 Å². The van der Waals surface area contributed by atoms with E-state index >= 15 is 0 Å². The van der Waals surface area contributed by atoms with Gasteiger partial charge in [0.2, 0.25) is 0 Å². The molecule has 1 atom stereocenters. The molecule has 0 aliphatic heterocycles. The highest BCUT2D eigenvalue weighted by atomic mass is 16.6. The second-order valence-electron chi connectivity index (χ2n) is 4.92. The van der Waals surface area contributed by atoms with E-state index in [2.05, 4.69) is 24.3 Å². The Morgan fingerprint density at radius 2 is 1.83 bits per heavy atom. The van der Waals surface area contributed by atoms with Crippen LogP contribution < -0.4 is 5.48 Å². The van der Waals surface area contributed by atoms with Gasteiger partial charge in [0.15, 0.2) is 0 Å². The summed E-state index contributed by atoms with van der Waals surface area (Å²) in [5.41, 5.74) is 3.07. The van der Waals surface area contributed by atoms with Gasteiger partial charge in [-0.15, -0.1) is 0 Å². The molecular formula is C15H32N2O. The fraction of sp³-hybridized carbons (Fsp3) is 0.933. The lowest BCUT2D eigenvalue weighted by molar-refractivity contribution is 0.0171. The van der Waals surface area contributed by atoms with Crippen LogP contribution in [0, 0.1) is 5.92 Å². The first-order chi connectivity index (χ1) is 8.85. The second kappa shape index (κ2) is 14.7. The van der Waals surface area contributed by atoms with Crippen LogP contribution >= 0.6 is 0 Å². The van der Waals surface area contributed by atoms with Gasteiger partial charge >= 0.3 is 0 Å². The molecule has 0 saturated heterocycles. The second-order valence-corrected chi connectivity index (χ2v) is 4.92. The van der Waals surface area contributed by atoms with E-state index in [0.717, 1.165) is 26.0 Å². The van der Waals surface area contributed by atoms with Gasteiger partial charge in [-0.2, -0.15) is 0 Å². The van der Waals surface area contributed by atoms with Gasteiger partial charge in [-0.1, -0.05) is 52.4 Å². The van der Waals surface area contributed by atoms with Crippen LogP contribution in [0.3, 0.4) is 0 Å². The number of unbranched alkanes of at least 4 members (excludes halogenated alkanes) is 5. The molecule has 1 unspecified atom stereocenters. The Labute approximate surface area is 113 Å². The maximum absolute atomic E-state index is 5.50. The number of nitrogens with zero attached hydrogens (tertiary/aromatic N) is 1. The molecule has 0 aliphatic rings. The van der Waals surface area contributed by atoms with Gasteiger partial charge in [0.1, 0.15) is 0 Å². The number of hydroxylamine groups is 1. The molecule has 1 N–H and O–H groups in total. The lowest BCUT2D eigenvalue weighted by Gasteiger charge is -2.12. The normalized spacial score (nSPS) is 13.3. The summed E-state index contributed by atoms with van der Waals surface area (Å²) in [7, 11) is 1.82. The molecule has 0 rings (SSSR count). The third-order valence-corrected chi connectivity index (χ3v) is 3.25. The number of nitrogens with one attached hydrogen (secondary N) is 1. The van der Waals surface area contributed by atoms with E-state index < -0.39 is 0 Å². The number of aliphatic imine (C=N–C) groups is 1. The van der Waals surface area contributed by atoms with Crippen molar-refractivity contribution in [1.82, 2.24) is 5.48 Å². The monoisotopic (exact) mass is 256 g/mol. The van der Waals surface area contributed by atoms with Crippen LogP contribution in [-0.2, 0) is 4.84 Å². The molecule has 0 aliphatic carbocycles. The molecule has 108 valence electrons. The molecule has 0 aromatic carbocycles. The van der Waals surface area contributed by atoms with Crippen molar-refractivity contribution in [3.8, 4) is 0 Å². The van der Waals surface area contributed by atoms with Crippen molar-refractivity contribution < 1.29 is 4.84 Å². The molecule has 3 nitrogen and oxygen atoms in total. The van der Waals surface area contributed by atoms with E-state index in [4.69, 9.17) is 4.84 Å². The van der Waals surface area contributed by atoms with E-state index in [1.54, 1.807) is 0 Å². The standard InChI is InChI=1S/C15H32N2O/c1-4-6-7-8-9-10-12-17-18-14-15(5-2)11-13-16-3/h13,15,17H,4-12,14H2,1-3H3. The molecule has 0 bridgehead atoms. The Hall–Kier alpha value is -0.410. The zero-order valence-electron chi connectivity index (χ0n) is 12.6. The summed E-state index contributed by atoms with van der Waals surface area (Å²) in [6, 6.07) is 0. The molecule has 0 amide bonds. The summed E-state index contributed by atoms with van der Waals surface area (Å²) in [6.45, 7) is 6.22. The van der Waals surface area contributed by atoms with Crippen LogP contribution in [0.15, 0.2) is 4.99 Å². The van der Waals surface area contributed by atoms with Crippen molar-refractivity contribution in [2.24, 2.45) is 10.9 Å². The van der Waals surface area contributed by atoms with Crippen molar-refractivity contribution in [1.29, 1.82) is 0 Å². The Balaban J connectivity index is 3.22. The lowest BCUT2D eigenvalue weighted by atomic mass is 10.1. The predicted molar refractivity (Wildman–Crippen MR) is 80.1 cm³/mol. The Bertz CT molecular complexity index is 183. The maximum Gasteiger partial charge on any atom is 0.0713 e. The summed E-state index contributed by atoms with van der Waals surface area (Å²) >= 11 is 0. The first-order valence-corrected chi connectivity index (χ1v) is 7.60. The summed E-state index contributed by atoms with van der Waals surface area (Å²) < 4.78 is 0. The number of hydrogen-bond acceptors (Lipinski definition) is 3. The zero-order valence-corrected chi connectivity index (χ0v) is 12.6. The molecule has 0 spiro atoms. The molecule has 0 saturated carbocycles. The lowest BCUT2D eigenvalue weighted by Crippen LogP contribution is -2.21. The molecule has 0 radical (unpaired) electrons. The Morgan fingerprint density at radius 1 is 1.11 bits per heavy atom. The quantitative estimate of drug-likeness (QED) is 0.307. The smallest absolute Gasteiger partial charge is 0.0713 e. The highest BCUT2D eigenvalue weighted by Crippen LogP contribution is 2.06. The summed E-state index contributed by atoms with van der Waals surface area (Å²) in [6.07, 6.45) is 12.1. The van der Waals surface area contributed by atoms with E-state index in [1.807, 2.05) is 13.3 Å². The minimum atomic E-state index is 0.589. The van der Waals surface area contributed by atoms with Crippen LogP contribution in [0.5, 0.6) is 0 Å². The minimum absolute atomic E-state index is 0.589. The highest BCUT2D eigenvalue weighted by molar-refractivity contribution is 5.57. The SMILES string of the molecule is CCCCCCCCNOCC(CC)CC=NC. The summed E-state index contributed by atoms with van der Waals surface area (Å²) in [5.74, 6) is 0.589. The van der Waals surface area contributed by atoms with Gasteiger partial charge in [0.05, 0.1) is 6.61 Å². The van der Waals surface area contributed by atoms with Crippen molar-refractivity contribution in [3.05, 3.63) is 0 Å². The first-order valence-electron chi connectivity index (χ1n) is 7.60. The van der Waals surface area contributed by atoms with Gasteiger partial charge < -0.3 is 9.83 Å². The molecule has 0 fully saturated rings. The Kier molecular flexibility index (Phi) is 14.3. The largest absolute Gasteiger partial charge is 0.302 e. The fourth-order valence-corrected chi connectivity index (χ4v) is 1.83. The van der Waals surface area contributed by atoms with Gasteiger partial charge in [-0.25, -0.2) is 5.48 Å². The zero-order chi connectivity index (χ0) is 13.5. The van der Waals surface area contributed by atoms with Crippen LogP contribution in [0.2, 0.25) is 0 Å². The van der Waals surface area contributed by atoms with Crippen molar-refractivity contribution in [2.75, 3.05) is 20.2 Å². The molecule has 0 heterocycles. The van der Waals surface area contributed by atoms with Gasteiger partial charge in [0, 0.05) is 13.6 Å². The average Bonchev–Trinajstić information content (AvgIpc) is 2.40. The highest BCUT2D eigenvalue weighted by Gasteiger charge is 2.04. The third kappa shape index (κ3) is 12.1. The van der Waals surface area contributed by atoms with Crippen LogP contribution in [0.25, 0.3) is 0 Å². The van der Waals surface area contributed by atoms with Gasteiger partial charge in [-0.05, 0) is 25.0 Å². The minimum Gasteiger partial charge on any atom is -0.302 e. The molecule has 3 heteroatoms. The Morgan fingerprint density at radius 3 is 2.50 bits per heavy atom. The van der Waals surface area contributed by atoms with Crippen LogP contribution in [0.1, 0.15) is 65.2 Å². The maximum atomic E-state index is 5.50. The summed E-state index contributed by atoms with van der Waals surface area (Å²) in [4.78, 5) is 9.52.